The molecule has 2 aromatic carbocycles. The maximum absolute atomic E-state index is 12.6. The average molecular weight is 470 g/mol. The molecule has 0 spiro atoms. The number of nitro groups is 1. The van der Waals surface area contributed by atoms with Gasteiger partial charge in [0, 0.05) is 24.4 Å². The number of aromatic nitrogens is 1. The highest BCUT2D eigenvalue weighted by atomic mass is 32.2. The third-order valence-corrected chi connectivity index (χ3v) is 6.35. The molecule has 3 N–H and O–H groups in total. The smallest absolute Gasteiger partial charge is 0.293 e. The lowest BCUT2D eigenvalue weighted by atomic mass is 10.1. The summed E-state index contributed by atoms with van der Waals surface area (Å²) in [7, 11) is -2.22. The largest absolute Gasteiger partial charge is 0.371 e. The second-order valence-electron chi connectivity index (χ2n) is 7.14. The van der Waals surface area contributed by atoms with Crippen LogP contribution in [0.4, 0.5) is 11.4 Å². The lowest BCUT2D eigenvalue weighted by Gasteiger charge is -2.15. The molecule has 0 bridgehead atoms. The maximum Gasteiger partial charge on any atom is 0.293 e. The summed E-state index contributed by atoms with van der Waals surface area (Å²) in [5.41, 5.74) is 1.58. The van der Waals surface area contributed by atoms with Crippen LogP contribution in [0.15, 0.2) is 71.8 Å². The van der Waals surface area contributed by atoms with Gasteiger partial charge in [0.25, 0.3) is 11.6 Å². The topological polar surface area (TPSA) is 143 Å². The van der Waals surface area contributed by atoms with E-state index in [1.54, 1.807) is 24.4 Å². The van der Waals surface area contributed by atoms with Gasteiger partial charge in [-0.1, -0.05) is 18.2 Å². The fourth-order valence-electron chi connectivity index (χ4n) is 3.07. The Labute approximate surface area is 191 Å². The van der Waals surface area contributed by atoms with E-state index in [1.807, 2.05) is 19.1 Å². The minimum atomic E-state index is -3.54. The van der Waals surface area contributed by atoms with Crippen LogP contribution in [-0.4, -0.2) is 31.3 Å². The molecule has 0 saturated heterocycles. The van der Waals surface area contributed by atoms with Gasteiger partial charge < -0.3 is 10.6 Å². The molecule has 1 unspecified atom stereocenters. The molecule has 1 atom stereocenters. The molecule has 3 rings (SSSR count). The summed E-state index contributed by atoms with van der Waals surface area (Å²) in [4.78, 5) is 27.9. The first kappa shape index (κ1) is 23.8. The number of amides is 1. The molecule has 3 aromatic rings. The van der Waals surface area contributed by atoms with E-state index in [9.17, 15) is 23.3 Å². The van der Waals surface area contributed by atoms with Gasteiger partial charge in [-0.15, -0.1) is 0 Å². The van der Waals surface area contributed by atoms with E-state index < -0.39 is 20.9 Å². The summed E-state index contributed by atoms with van der Waals surface area (Å²) >= 11 is 0. The van der Waals surface area contributed by atoms with Crippen LogP contribution >= 0.6 is 0 Å². The number of nitrogens with one attached hydrogen (secondary N) is 3. The first-order chi connectivity index (χ1) is 15.7. The molecule has 0 aliphatic heterocycles. The Kier molecular flexibility index (Phi) is 7.36. The first-order valence-corrected chi connectivity index (χ1v) is 11.5. The van der Waals surface area contributed by atoms with Gasteiger partial charge in [-0.2, -0.15) is 0 Å². The predicted molar refractivity (Wildman–Crippen MR) is 123 cm³/mol. The SMILES string of the molecule is CNS(=O)(=O)c1ccc(CNC(=O)c2ccc(NC(C)c3ccccn3)c([N+](=O)[O-])c2)cc1. The van der Waals surface area contributed by atoms with Crippen molar-refractivity contribution in [1.29, 1.82) is 0 Å². The number of sulfonamides is 1. The van der Waals surface area contributed by atoms with Crippen LogP contribution in [0.25, 0.3) is 0 Å². The summed E-state index contributed by atoms with van der Waals surface area (Å²) in [6.07, 6.45) is 1.64. The number of rotatable bonds is 9. The number of nitro benzene ring substituents is 1. The second kappa shape index (κ2) is 10.2. The molecule has 172 valence electrons. The third kappa shape index (κ3) is 5.90. The zero-order valence-electron chi connectivity index (χ0n) is 18.0. The van der Waals surface area contributed by atoms with Gasteiger partial charge in [-0.25, -0.2) is 13.1 Å². The van der Waals surface area contributed by atoms with Crippen molar-refractivity contribution in [1.82, 2.24) is 15.0 Å². The van der Waals surface area contributed by atoms with Crippen LogP contribution in [-0.2, 0) is 16.6 Å². The van der Waals surface area contributed by atoms with Crippen LogP contribution in [0.1, 0.15) is 34.6 Å². The van der Waals surface area contributed by atoms with Gasteiger partial charge in [0.2, 0.25) is 10.0 Å². The van der Waals surface area contributed by atoms with Crippen molar-refractivity contribution in [3.63, 3.8) is 0 Å². The molecule has 1 aromatic heterocycles. The van der Waals surface area contributed by atoms with E-state index in [-0.39, 0.29) is 34.4 Å². The lowest BCUT2D eigenvalue weighted by molar-refractivity contribution is -0.384. The van der Waals surface area contributed by atoms with E-state index in [2.05, 4.69) is 20.3 Å². The normalized spacial score (nSPS) is 12.1. The number of hydrogen-bond donors (Lipinski definition) is 3. The molecule has 0 aliphatic carbocycles. The van der Waals surface area contributed by atoms with E-state index in [4.69, 9.17) is 0 Å². The quantitative estimate of drug-likeness (QED) is 0.323. The molecule has 0 fully saturated rings. The molecule has 1 heterocycles. The highest BCUT2D eigenvalue weighted by Crippen LogP contribution is 2.29. The summed E-state index contributed by atoms with van der Waals surface area (Å²) in [5.74, 6) is -0.491. The van der Waals surface area contributed by atoms with Crippen LogP contribution < -0.4 is 15.4 Å². The van der Waals surface area contributed by atoms with Crippen molar-refractivity contribution < 1.29 is 18.1 Å². The number of nitrogens with zero attached hydrogens (tertiary/aromatic N) is 2. The van der Waals surface area contributed by atoms with Gasteiger partial charge in [-0.3, -0.25) is 19.9 Å². The molecule has 10 nitrogen and oxygen atoms in total. The first-order valence-electron chi connectivity index (χ1n) is 9.98. The molecule has 0 saturated carbocycles. The molecule has 1 amide bonds. The van der Waals surface area contributed by atoms with Crippen molar-refractivity contribution >= 4 is 27.3 Å². The predicted octanol–water partition coefficient (Wildman–Crippen LogP) is 3.00. The zero-order chi connectivity index (χ0) is 24.0. The van der Waals surface area contributed by atoms with Gasteiger partial charge >= 0.3 is 0 Å². The number of benzene rings is 2. The van der Waals surface area contributed by atoms with Gasteiger partial charge in [0.15, 0.2) is 0 Å². The fraction of sp³-hybridized carbons (Fsp3) is 0.182. The minimum absolute atomic E-state index is 0.110. The summed E-state index contributed by atoms with van der Waals surface area (Å²) in [6.45, 7) is 1.96. The Morgan fingerprint density at radius 1 is 1.12 bits per heavy atom. The number of carbonyl (C=O) groups is 1. The standard InChI is InChI=1S/C22H23N5O5S/c1-15(19-5-3-4-12-24-19)26-20-11-8-17(13-21(20)27(29)30)22(28)25-14-16-6-9-18(10-7-16)33(31,32)23-2/h3-13,15,23,26H,14H2,1-2H3,(H,25,28). The van der Waals surface area contributed by atoms with E-state index >= 15 is 0 Å². The highest BCUT2D eigenvalue weighted by Gasteiger charge is 2.20. The summed E-state index contributed by atoms with van der Waals surface area (Å²) < 4.78 is 25.8. The average Bonchev–Trinajstić information content (AvgIpc) is 2.83. The lowest BCUT2D eigenvalue weighted by Crippen LogP contribution is -2.23. The Morgan fingerprint density at radius 3 is 2.45 bits per heavy atom. The van der Waals surface area contributed by atoms with E-state index in [1.165, 1.54) is 37.4 Å². The number of pyridine rings is 1. The molecule has 33 heavy (non-hydrogen) atoms. The van der Waals surface area contributed by atoms with Crippen LogP contribution in [0.2, 0.25) is 0 Å². The summed E-state index contributed by atoms with van der Waals surface area (Å²) in [5, 5.41) is 17.3. The van der Waals surface area contributed by atoms with Crippen LogP contribution in [0, 0.1) is 10.1 Å². The highest BCUT2D eigenvalue weighted by molar-refractivity contribution is 7.89. The second-order valence-corrected chi connectivity index (χ2v) is 9.03. The number of anilines is 1. The number of hydrogen-bond acceptors (Lipinski definition) is 7. The maximum atomic E-state index is 12.6. The molecular formula is C22H23N5O5S. The minimum Gasteiger partial charge on any atom is -0.371 e. The fourth-order valence-corrected chi connectivity index (χ4v) is 3.80. The molecule has 0 radical (unpaired) electrons. The van der Waals surface area contributed by atoms with Crippen molar-refractivity contribution in [2.45, 2.75) is 24.4 Å². The van der Waals surface area contributed by atoms with Crippen molar-refractivity contribution in [3.8, 4) is 0 Å². The molecule has 11 heteroatoms. The van der Waals surface area contributed by atoms with Crippen LogP contribution in [0.5, 0.6) is 0 Å². The van der Waals surface area contributed by atoms with Crippen molar-refractivity contribution in [3.05, 3.63) is 93.8 Å². The zero-order valence-corrected chi connectivity index (χ0v) is 18.8. The van der Waals surface area contributed by atoms with Crippen molar-refractivity contribution in [2.24, 2.45) is 0 Å². The Morgan fingerprint density at radius 2 is 1.85 bits per heavy atom. The Hall–Kier alpha value is -3.83. The van der Waals surface area contributed by atoms with Gasteiger partial charge in [0.05, 0.1) is 21.6 Å². The monoisotopic (exact) mass is 469 g/mol. The third-order valence-electron chi connectivity index (χ3n) is 4.92. The van der Waals surface area contributed by atoms with Crippen LogP contribution in [0.3, 0.4) is 0 Å². The van der Waals surface area contributed by atoms with Gasteiger partial charge in [0.1, 0.15) is 5.69 Å². The van der Waals surface area contributed by atoms with E-state index in [0.29, 0.717) is 5.56 Å². The molecular weight excluding hydrogens is 446 g/mol. The number of carbonyl (C=O) groups excluding carboxylic acids is 1. The van der Waals surface area contributed by atoms with E-state index in [0.717, 1.165) is 5.69 Å². The molecule has 0 aliphatic rings. The Bertz CT molecular complexity index is 1250. The summed E-state index contributed by atoms with van der Waals surface area (Å²) in [6, 6.07) is 15.4. The van der Waals surface area contributed by atoms with Crippen molar-refractivity contribution in [2.75, 3.05) is 12.4 Å². The van der Waals surface area contributed by atoms with Gasteiger partial charge in [-0.05, 0) is 55.9 Å². The Balaban J connectivity index is 1.70.